The van der Waals surface area contributed by atoms with E-state index in [0.717, 1.165) is 28.9 Å². The Morgan fingerprint density at radius 3 is 2.43 bits per heavy atom. The van der Waals surface area contributed by atoms with Gasteiger partial charge in [-0.15, -0.1) is 0 Å². The molecule has 0 spiro atoms. The molecule has 0 radical (unpaired) electrons. The van der Waals surface area contributed by atoms with Crippen LogP contribution in [0.5, 0.6) is 5.75 Å². The molecule has 0 saturated heterocycles. The summed E-state index contributed by atoms with van der Waals surface area (Å²) in [5, 5.41) is 8.09. The summed E-state index contributed by atoms with van der Waals surface area (Å²) >= 11 is 0. The van der Waals surface area contributed by atoms with Gasteiger partial charge in [-0.2, -0.15) is 0 Å². The molecule has 0 bridgehead atoms. The fourth-order valence-corrected chi connectivity index (χ4v) is 2.85. The van der Waals surface area contributed by atoms with Gasteiger partial charge in [-0.25, -0.2) is 4.79 Å². The summed E-state index contributed by atoms with van der Waals surface area (Å²) < 4.78 is 10.6. The van der Waals surface area contributed by atoms with E-state index in [1.807, 2.05) is 50.2 Å². The summed E-state index contributed by atoms with van der Waals surface area (Å²) in [4.78, 5) is 22.6. The lowest BCUT2D eigenvalue weighted by molar-refractivity contribution is -0.132. The van der Waals surface area contributed by atoms with Crippen molar-refractivity contribution in [3.63, 3.8) is 0 Å². The first-order valence-corrected chi connectivity index (χ1v) is 9.70. The van der Waals surface area contributed by atoms with Crippen LogP contribution in [0.1, 0.15) is 42.5 Å². The van der Waals surface area contributed by atoms with Crippen molar-refractivity contribution in [2.24, 2.45) is 10.3 Å². The van der Waals surface area contributed by atoms with Crippen LogP contribution in [0.4, 0.5) is 0 Å². The van der Waals surface area contributed by atoms with Gasteiger partial charge in [0, 0.05) is 16.7 Å². The number of hydrogen-bond donors (Lipinski definition) is 0. The highest BCUT2D eigenvalue weighted by molar-refractivity contribution is 6.43. The van der Waals surface area contributed by atoms with Crippen molar-refractivity contribution in [2.75, 3.05) is 20.8 Å². The highest BCUT2D eigenvalue weighted by Crippen LogP contribution is 2.21. The van der Waals surface area contributed by atoms with Gasteiger partial charge in [0.2, 0.25) is 0 Å². The fraction of sp³-hybridized carbons (Fsp3) is 0.348. The molecule has 2 aromatic carbocycles. The van der Waals surface area contributed by atoms with Crippen LogP contribution in [-0.4, -0.2) is 38.2 Å². The average molecular weight is 412 g/mol. The maximum atomic E-state index is 12.1. The Kier molecular flexibility index (Phi) is 8.87. The van der Waals surface area contributed by atoms with Gasteiger partial charge in [-0.05, 0) is 38.0 Å². The molecule has 0 N–H and O–H groups in total. The van der Waals surface area contributed by atoms with Crippen LogP contribution in [0.25, 0.3) is 0 Å². The van der Waals surface area contributed by atoms with Crippen molar-refractivity contribution in [3.8, 4) is 5.75 Å². The Balaban J connectivity index is 2.26. The summed E-state index contributed by atoms with van der Waals surface area (Å²) in [6, 6.07) is 13.2. The lowest BCUT2D eigenvalue weighted by Gasteiger charge is -2.13. The number of carbonyl (C=O) groups is 1. The third-order valence-corrected chi connectivity index (χ3v) is 4.38. The fourth-order valence-electron chi connectivity index (χ4n) is 2.85. The lowest BCUT2D eigenvalue weighted by atomic mass is 9.99. The zero-order valence-corrected chi connectivity index (χ0v) is 18.1. The molecule has 0 aliphatic heterocycles. The number of para-hydroxylation sites is 1. The number of nitrogens with zero attached hydrogens (tertiary/aromatic N) is 2. The minimum absolute atomic E-state index is 0.0707. The molecule has 2 rings (SSSR count). The van der Waals surface area contributed by atoms with Crippen molar-refractivity contribution in [2.45, 2.75) is 33.8 Å². The first kappa shape index (κ1) is 22.9. The van der Waals surface area contributed by atoms with E-state index in [1.54, 1.807) is 6.07 Å². The zero-order valence-electron chi connectivity index (χ0n) is 18.1. The molecule has 0 atom stereocenters. The van der Waals surface area contributed by atoms with E-state index in [4.69, 9.17) is 19.1 Å². The molecule has 160 valence electrons. The number of rotatable bonds is 10. The molecular weight excluding hydrogens is 384 g/mol. The number of aryl methyl sites for hydroxylation is 1. The number of oxime groups is 2. The van der Waals surface area contributed by atoms with Crippen LogP contribution in [-0.2, 0) is 25.8 Å². The molecule has 0 amide bonds. The summed E-state index contributed by atoms with van der Waals surface area (Å²) in [5.74, 6) is 0.173. The molecule has 0 aliphatic rings. The number of carbonyl (C=O) groups excluding carboxylic acids is 1. The summed E-state index contributed by atoms with van der Waals surface area (Å²) in [6.45, 7) is 6.62. The van der Waals surface area contributed by atoms with E-state index < -0.39 is 5.97 Å². The highest BCUT2D eigenvalue weighted by Gasteiger charge is 2.20. The van der Waals surface area contributed by atoms with Crippen molar-refractivity contribution >= 4 is 17.4 Å². The third kappa shape index (κ3) is 5.83. The van der Waals surface area contributed by atoms with E-state index in [1.165, 1.54) is 14.2 Å². The first-order chi connectivity index (χ1) is 14.5. The van der Waals surface area contributed by atoms with Crippen LogP contribution in [0.2, 0.25) is 0 Å². The van der Waals surface area contributed by atoms with E-state index in [9.17, 15) is 4.79 Å². The highest BCUT2D eigenvalue weighted by atomic mass is 16.6. The molecule has 0 aliphatic carbocycles. The Hall–Kier alpha value is -3.35. The quantitative estimate of drug-likeness (QED) is 0.331. The molecular formula is C23H28N2O5. The Morgan fingerprint density at radius 1 is 1.00 bits per heavy atom. The Bertz CT molecular complexity index is 922. The molecule has 0 unspecified atom stereocenters. The smallest absolute Gasteiger partial charge is 0.360 e. The van der Waals surface area contributed by atoms with Crippen LogP contribution >= 0.6 is 0 Å². The van der Waals surface area contributed by atoms with Crippen LogP contribution in [0, 0.1) is 6.92 Å². The van der Waals surface area contributed by atoms with Gasteiger partial charge in [-0.3, -0.25) is 0 Å². The molecule has 7 nitrogen and oxygen atoms in total. The molecule has 7 heteroatoms. The number of methoxy groups -OCH3 is 1. The Labute approximate surface area is 177 Å². The van der Waals surface area contributed by atoms with Crippen LogP contribution < -0.4 is 4.74 Å². The van der Waals surface area contributed by atoms with Gasteiger partial charge in [0.1, 0.15) is 19.5 Å². The number of esters is 1. The molecule has 0 heterocycles. The molecule has 0 saturated carbocycles. The minimum Gasteiger partial charge on any atom is -0.493 e. The molecule has 0 aromatic heterocycles. The number of benzene rings is 2. The minimum atomic E-state index is -0.592. The molecule has 0 fully saturated rings. The molecule has 30 heavy (non-hydrogen) atoms. The van der Waals surface area contributed by atoms with Gasteiger partial charge < -0.3 is 19.1 Å². The van der Waals surface area contributed by atoms with E-state index in [0.29, 0.717) is 17.9 Å². The van der Waals surface area contributed by atoms with Crippen molar-refractivity contribution in [1.29, 1.82) is 0 Å². The van der Waals surface area contributed by atoms with Gasteiger partial charge in [-0.1, -0.05) is 47.6 Å². The second-order valence-electron chi connectivity index (χ2n) is 6.51. The summed E-state index contributed by atoms with van der Waals surface area (Å²) in [5.41, 5.74) is 3.90. The van der Waals surface area contributed by atoms with E-state index in [-0.39, 0.29) is 12.3 Å². The van der Waals surface area contributed by atoms with Crippen LogP contribution in [0.3, 0.4) is 0 Å². The van der Waals surface area contributed by atoms with E-state index >= 15 is 0 Å². The summed E-state index contributed by atoms with van der Waals surface area (Å²) in [7, 11) is 2.67. The SMILES string of the molecule is CCCOc1ccccc1/C(C)=N/OCc1c(C)cccc1/C(=N\OC)C(=O)OC. The monoisotopic (exact) mass is 412 g/mol. The van der Waals surface area contributed by atoms with Crippen LogP contribution in [0.15, 0.2) is 52.8 Å². The van der Waals surface area contributed by atoms with E-state index in [2.05, 4.69) is 17.2 Å². The second kappa shape index (κ2) is 11.6. The van der Waals surface area contributed by atoms with Gasteiger partial charge in [0.25, 0.3) is 0 Å². The number of ether oxygens (including phenoxy) is 2. The molecule has 2 aromatic rings. The largest absolute Gasteiger partial charge is 0.493 e. The lowest BCUT2D eigenvalue weighted by Crippen LogP contribution is -2.20. The van der Waals surface area contributed by atoms with Gasteiger partial charge >= 0.3 is 5.97 Å². The standard InChI is InChI=1S/C23H28N2O5/c1-6-14-29-21-13-8-7-11-18(21)17(3)24-30-15-20-16(2)10-9-12-19(20)22(25-28-5)23(26)27-4/h7-13H,6,14-15H2,1-5H3/b24-17+,25-22+. The van der Waals surface area contributed by atoms with Gasteiger partial charge in [0.05, 0.1) is 19.4 Å². The van der Waals surface area contributed by atoms with Gasteiger partial charge in [0.15, 0.2) is 5.71 Å². The van der Waals surface area contributed by atoms with Crippen molar-refractivity contribution in [3.05, 3.63) is 64.7 Å². The first-order valence-electron chi connectivity index (χ1n) is 9.70. The summed E-state index contributed by atoms with van der Waals surface area (Å²) in [6.07, 6.45) is 0.919. The second-order valence-corrected chi connectivity index (χ2v) is 6.51. The maximum absolute atomic E-state index is 12.1. The van der Waals surface area contributed by atoms with Crippen molar-refractivity contribution in [1.82, 2.24) is 0 Å². The average Bonchev–Trinajstić information content (AvgIpc) is 2.76. The van der Waals surface area contributed by atoms with Crippen molar-refractivity contribution < 1.29 is 23.9 Å². The zero-order chi connectivity index (χ0) is 21.9. The topological polar surface area (TPSA) is 78.7 Å². The number of hydrogen-bond acceptors (Lipinski definition) is 7. The normalized spacial score (nSPS) is 11.8. The predicted molar refractivity (Wildman–Crippen MR) is 116 cm³/mol. The maximum Gasteiger partial charge on any atom is 0.360 e. The predicted octanol–water partition coefficient (Wildman–Crippen LogP) is 4.25. The third-order valence-electron chi connectivity index (χ3n) is 4.38. The Morgan fingerprint density at radius 2 is 1.73 bits per heavy atom.